The van der Waals surface area contributed by atoms with E-state index in [1.807, 2.05) is 4.68 Å². The summed E-state index contributed by atoms with van der Waals surface area (Å²) in [5.41, 5.74) is 5.06. The van der Waals surface area contributed by atoms with E-state index in [1.54, 1.807) is 4.90 Å². The van der Waals surface area contributed by atoms with Gasteiger partial charge in [-0.15, -0.1) is 0 Å². The monoisotopic (exact) mass is 320 g/mol. The van der Waals surface area contributed by atoms with Crippen molar-refractivity contribution in [2.45, 2.75) is 51.6 Å². The summed E-state index contributed by atoms with van der Waals surface area (Å²) in [6, 6.07) is -0.777. The molecule has 0 spiro atoms. The topological polar surface area (TPSA) is 106 Å². The van der Waals surface area contributed by atoms with E-state index in [9.17, 15) is 9.59 Å². The van der Waals surface area contributed by atoms with Crippen LogP contribution in [0, 0.1) is 5.92 Å². The molecular formula is C15H24N6O2. The lowest BCUT2D eigenvalue weighted by Crippen LogP contribution is -2.47. The predicted octanol–water partition coefficient (Wildman–Crippen LogP) is 0.753. The maximum atomic E-state index is 12.5. The number of nitrogens with zero attached hydrogens (tertiary/aromatic N) is 4. The highest BCUT2D eigenvalue weighted by atomic mass is 16.2. The number of carbonyl (C=O) groups is 2. The zero-order chi connectivity index (χ0) is 16.6. The zero-order valence-electron chi connectivity index (χ0n) is 13.7. The Morgan fingerprint density at radius 1 is 1.35 bits per heavy atom. The highest BCUT2D eigenvalue weighted by molar-refractivity contribution is 5.83. The van der Waals surface area contributed by atoms with E-state index in [0.29, 0.717) is 24.9 Å². The smallest absolute Gasteiger partial charge is 0.312 e. The average molecular weight is 320 g/mol. The summed E-state index contributed by atoms with van der Waals surface area (Å²) >= 11 is 0. The van der Waals surface area contributed by atoms with Gasteiger partial charge in [-0.3, -0.25) is 4.79 Å². The second kappa shape index (κ2) is 6.17. The van der Waals surface area contributed by atoms with Crippen LogP contribution in [0.15, 0.2) is 0 Å². The van der Waals surface area contributed by atoms with Gasteiger partial charge in [0.15, 0.2) is 5.82 Å². The Bertz CT molecular complexity index is 607. The normalized spacial score (nSPS) is 20.5. The van der Waals surface area contributed by atoms with Crippen LogP contribution in [0.5, 0.6) is 0 Å². The van der Waals surface area contributed by atoms with Crippen LogP contribution < -0.4 is 11.1 Å². The van der Waals surface area contributed by atoms with E-state index in [-0.39, 0.29) is 18.5 Å². The lowest BCUT2D eigenvalue weighted by atomic mass is 10.00. The largest absolute Gasteiger partial charge is 0.352 e. The third-order valence-corrected chi connectivity index (χ3v) is 4.32. The summed E-state index contributed by atoms with van der Waals surface area (Å²) in [5, 5.41) is 6.99. The number of carbonyl (C=O) groups excluding carboxylic acids is 2. The number of hydrogen-bond donors (Lipinski definition) is 2. The molecule has 2 aliphatic rings. The molecule has 0 bridgehead atoms. The van der Waals surface area contributed by atoms with Crippen LogP contribution in [0.3, 0.4) is 0 Å². The third kappa shape index (κ3) is 3.46. The number of urea groups is 1. The molecule has 1 aliphatic heterocycles. The molecule has 126 valence electrons. The minimum Gasteiger partial charge on any atom is -0.352 e. The molecule has 2 heterocycles. The Morgan fingerprint density at radius 3 is 2.70 bits per heavy atom. The molecule has 1 aromatic rings. The van der Waals surface area contributed by atoms with Crippen molar-refractivity contribution >= 4 is 11.9 Å². The molecule has 1 saturated carbocycles. The van der Waals surface area contributed by atoms with Crippen molar-refractivity contribution in [3.05, 3.63) is 11.6 Å². The maximum Gasteiger partial charge on any atom is 0.312 e. The number of primary amides is 1. The minimum atomic E-state index is -0.685. The predicted molar refractivity (Wildman–Crippen MR) is 83.5 cm³/mol. The van der Waals surface area contributed by atoms with Crippen molar-refractivity contribution in [3.8, 4) is 0 Å². The van der Waals surface area contributed by atoms with Gasteiger partial charge in [-0.2, -0.15) is 5.10 Å². The summed E-state index contributed by atoms with van der Waals surface area (Å²) in [5.74, 6) is 2.58. The van der Waals surface area contributed by atoms with E-state index >= 15 is 0 Å². The van der Waals surface area contributed by atoms with E-state index in [0.717, 1.165) is 30.9 Å². The first kappa shape index (κ1) is 15.8. The summed E-state index contributed by atoms with van der Waals surface area (Å²) in [4.78, 5) is 29.8. The SMILES string of the molecule is CC(C)C[C@H]1c2nc(C3CC3)nn2CCN1C(=O)CNC(N)=O. The Morgan fingerprint density at radius 2 is 2.09 bits per heavy atom. The fourth-order valence-corrected chi connectivity index (χ4v) is 3.04. The second-order valence-corrected chi connectivity index (χ2v) is 6.78. The Kier molecular flexibility index (Phi) is 4.23. The minimum absolute atomic E-state index is 0.0758. The number of nitrogens with one attached hydrogen (secondary N) is 1. The molecule has 1 aliphatic carbocycles. The number of rotatable bonds is 5. The van der Waals surface area contributed by atoms with Crippen molar-refractivity contribution in [2.75, 3.05) is 13.1 Å². The number of nitrogens with two attached hydrogens (primary N) is 1. The van der Waals surface area contributed by atoms with Gasteiger partial charge in [0, 0.05) is 12.5 Å². The van der Waals surface area contributed by atoms with Crippen LogP contribution >= 0.6 is 0 Å². The molecule has 1 aromatic heterocycles. The molecule has 8 heteroatoms. The van der Waals surface area contributed by atoms with Crippen molar-refractivity contribution in [3.63, 3.8) is 0 Å². The van der Waals surface area contributed by atoms with Gasteiger partial charge in [-0.1, -0.05) is 13.8 Å². The van der Waals surface area contributed by atoms with Crippen LogP contribution in [-0.4, -0.2) is 44.7 Å². The Balaban J connectivity index is 1.81. The van der Waals surface area contributed by atoms with Gasteiger partial charge < -0.3 is 16.0 Å². The van der Waals surface area contributed by atoms with Gasteiger partial charge in [-0.05, 0) is 25.2 Å². The Hall–Kier alpha value is -2.12. The van der Waals surface area contributed by atoms with E-state index < -0.39 is 6.03 Å². The summed E-state index contributed by atoms with van der Waals surface area (Å²) in [6.07, 6.45) is 3.14. The molecule has 3 N–H and O–H groups in total. The molecule has 1 fully saturated rings. The number of fused-ring (bicyclic) bond motifs is 1. The molecule has 0 aromatic carbocycles. The van der Waals surface area contributed by atoms with Crippen molar-refractivity contribution in [1.82, 2.24) is 25.0 Å². The van der Waals surface area contributed by atoms with Crippen LogP contribution in [-0.2, 0) is 11.3 Å². The third-order valence-electron chi connectivity index (χ3n) is 4.32. The first-order valence-electron chi connectivity index (χ1n) is 8.23. The van der Waals surface area contributed by atoms with Crippen LogP contribution in [0.25, 0.3) is 0 Å². The standard InChI is InChI=1S/C15H24N6O2/c1-9(2)7-11-14-18-13(10-3-4-10)19-21(14)6-5-20(11)12(22)8-17-15(16)23/h9-11H,3-8H2,1-2H3,(H3,16,17,23)/t11-/m0/s1. The van der Waals surface area contributed by atoms with E-state index in [1.165, 1.54) is 0 Å². The Labute approximate surface area is 135 Å². The van der Waals surface area contributed by atoms with Crippen molar-refractivity contribution in [1.29, 1.82) is 0 Å². The molecule has 0 saturated heterocycles. The fraction of sp³-hybridized carbons (Fsp3) is 0.733. The fourth-order valence-electron chi connectivity index (χ4n) is 3.04. The summed E-state index contributed by atoms with van der Waals surface area (Å²) in [6.45, 7) is 5.40. The molecule has 8 nitrogen and oxygen atoms in total. The van der Waals surface area contributed by atoms with Gasteiger partial charge >= 0.3 is 6.03 Å². The van der Waals surface area contributed by atoms with Crippen LogP contribution in [0.2, 0.25) is 0 Å². The van der Waals surface area contributed by atoms with E-state index in [2.05, 4.69) is 24.3 Å². The van der Waals surface area contributed by atoms with Crippen LogP contribution in [0.4, 0.5) is 4.79 Å². The summed E-state index contributed by atoms with van der Waals surface area (Å²) in [7, 11) is 0. The quantitative estimate of drug-likeness (QED) is 0.835. The number of aromatic nitrogens is 3. The zero-order valence-corrected chi connectivity index (χ0v) is 13.7. The van der Waals surface area contributed by atoms with Gasteiger partial charge in [0.05, 0.1) is 19.1 Å². The first-order chi connectivity index (χ1) is 11.0. The van der Waals surface area contributed by atoms with Crippen molar-refractivity contribution < 1.29 is 9.59 Å². The molecule has 3 rings (SSSR count). The van der Waals surface area contributed by atoms with Gasteiger partial charge in [0.1, 0.15) is 5.82 Å². The highest BCUT2D eigenvalue weighted by Crippen LogP contribution is 2.40. The molecular weight excluding hydrogens is 296 g/mol. The van der Waals surface area contributed by atoms with Crippen LogP contribution in [0.1, 0.15) is 56.7 Å². The van der Waals surface area contributed by atoms with Crippen molar-refractivity contribution in [2.24, 2.45) is 11.7 Å². The molecule has 0 radical (unpaired) electrons. The second-order valence-electron chi connectivity index (χ2n) is 6.78. The lowest BCUT2D eigenvalue weighted by Gasteiger charge is -2.36. The van der Waals surface area contributed by atoms with Gasteiger partial charge in [0.2, 0.25) is 5.91 Å². The number of amides is 3. The average Bonchev–Trinajstić information content (AvgIpc) is 3.24. The molecule has 0 unspecified atom stereocenters. The molecule has 1 atom stereocenters. The number of hydrogen-bond acceptors (Lipinski definition) is 4. The van der Waals surface area contributed by atoms with Gasteiger partial charge in [0.25, 0.3) is 0 Å². The molecule has 23 heavy (non-hydrogen) atoms. The molecule has 3 amide bonds. The lowest BCUT2D eigenvalue weighted by molar-refractivity contribution is -0.134. The first-order valence-corrected chi connectivity index (χ1v) is 8.23. The van der Waals surface area contributed by atoms with Gasteiger partial charge in [-0.25, -0.2) is 14.5 Å². The maximum absolute atomic E-state index is 12.5. The van der Waals surface area contributed by atoms with E-state index in [4.69, 9.17) is 10.7 Å². The highest BCUT2D eigenvalue weighted by Gasteiger charge is 2.36. The summed E-state index contributed by atoms with van der Waals surface area (Å²) < 4.78 is 1.95.